The predicted octanol–water partition coefficient (Wildman–Crippen LogP) is 5.36. The zero-order valence-corrected chi connectivity index (χ0v) is 14.4. The minimum absolute atomic E-state index is 0.148. The van der Waals surface area contributed by atoms with Crippen molar-refractivity contribution in [2.45, 2.75) is 66.2 Å². The van der Waals surface area contributed by atoms with Gasteiger partial charge in [0, 0.05) is 0 Å². The largest absolute Gasteiger partial charge is 0.392 e. The van der Waals surface area contributed by atoms with E-state index in [1.807, 2.05) is 6.08 Å². The van der Waals surface area contributed by atoms with Gasteiger partial charge >= 0.3 is 0 Å². The van der Waals surface area contributed by atoms with Crippen LogP contribution in [0.4, 0.5) is 0 Å². The zero-order chi connectivity index (χ0) is 15.5. The molecule has 2 saturated carbocycles. The second-order valence-electron chi connectivity index (χ2n) is 7.74. The summed E-state index contributed by atoms with van der Waals surface area (Å²) in [4.78, 5) is 0. The zero-order valence-electron chi connectivity index (χ0n) is 14.4. The van der Waals surface area contributed by atoms with Gasteiger partial charge in [0.15, 0.2) is 0 Å². The standard InChI is InChI=1S/C20H34O/c1-5-17-9-11-18-16(3)7-6-13-20(18,4)19(17)10-8-15(2)12-14-21/h8,10,12,16-19,21H,5-7,9,11,13-14H2,1-4H3/b10-8+,15-12+. The molecule has 0 amide bonds. The summed E-state index contributed by atoms with van der Waals surface area (Å²) in [5, 5.41) is 9.03. The number of hydrogen-bond donors (Lipinski definition) is 1. The van der Waals surface area contributed by atoms with Gasteiger partial charge in [0.05, 0.1) is 6.61 Å². The van der Waals surface area contributed by atoms with Crippen LogP contribution in [-0.4, -0.2) is 11.7 Å². The van der Waals surface area contributed by atoms with E-state index in [0.29, 0.717) is 11.3 Å². The van der Waals surface area contributed by atoms with Crippen molar-refractivity contribution in [1.82, 2.24) is 0 Å². The third kappa shape index (κ3) is 3.44. The molecular weight excluding hydrogens is 256 g/mol. The van der Waals surface area contributed by atoms with E-state index in [9.17, 15) is 0 Å². The Morgan fingerprint density at radius 3 is 2.71 bits per heavy atom. The van der Waals surface area contributed by atoms with Crippen molar-refractivity contribution in [2.75, 3.05) is 6.61 Å². The normalized spacial score (nSPS) is 41.3. The SMILES string of the molecule is CCC1CCC2C(C)CCCC2(C)C1/C=C/C(C)=C/CO. The molecule has 1 heteroatoms. The van der Waals surface area contributed by atoms with Crippen molar-refractivity contribution in [3.8, 4) is 0 Å². The Labute approximate surface area is 131 Å². The van der Waals surface area contributed by atoms with Crippen LogP contribution in [0.5, 0.6) is 0 Å². The first-order valence-electron chi connectivity index (χ1n) is 8.98. The maximum Gasteiger partial charge on any atom is 0.0617 e. The van der Waals surface area contributed by atoms with Gasteiger partial charge in [0.2, 0.25) is 0 Å². The first-order valence-corrected chi connectivity index (χ1v) is 8.98. The van der Waals surface area contributed by atoms with E-state index in [0.717, 1.165) is 17.8 Å². The maximum absolute atomic E-state index is 9.03. The first-order chi connectivity index (χ1) is 10.0. The van der Waals surface area contributed by atoms with Crippen LogP contribution in [-0.2, 0) is 0 Å². The van der Waals surface area contributed by atoms with E-state index in [4.69, 9.17) is 5.11 Å². The average Bonchev–Trinajstić information content (AvgIpc) is 2.45. The average molecular weight is 290 g/mol. The first kappa shape index (κ1) is 16.8. The van der Waals surface area contributed by atoms with Crippen molar-refractivity contribution in [2.24, 2.45) is 29.1 Å². The third-order valence-electron chi connectivity index (χ3n) is 6.53. The molecule has 5 atom stereocenters. The summed E-state index contributed by atoms with van der Waals surface area (Å²) >= 11 is 0. The summed E-state index contributed by atoms with van der Waals surface area (Å²) in [6, 6.07) is 0. The molecule has 0 aromatic heterocycles. The molecule has 0 radical (unpaired) electrons. The van der Waals surface area contributed by atoms with Gasteiger partial charge in [-0.05, 0) is 55.3 Å². The quantitative estimate of drug-likeness (QED) is 0.691. The Morgan fingerprint density at radius 2 is 2.05 bits per heavy atom. The van der Waals surface area contributed by atoms with Gasteiger partial charge in [-0.25, -0.2) is 0 Å². The minimum Gasteiger partial charge on any atom is -0.392 e. The summed E-state index contributed by atoms with van der Waals surface area (Å²) in [6.45, 7) is 9.65. The molecule has 0 heterocycles. The topological polar surface area (TPSA) is 20.2 Å². The molecule has 2 rings (SSSR count). The summed E-state index contributed by atoms with van der Waals surface area (Å²) in [7, 11) is 0. The van der Waals surface area contributed by atoms with Gasteiger partial charge in [-0.2, -0.15) is 0 Å². The molecule has 5 unspecified atom stereocenters. The van der Waals surface area contributed by atoms with Gasteiger partial charge < -0.3 is 5.11 Å². The lowest BCUT2D eigenvalue weighted by Gasteiger charge is -2.55. The number of rotatable bonds is 4. The van der Waals surface area contributed by atoms with Crippen molar-refractivity contribution in [1.29, 1.82) is 0 Å². The molecule has 2 aliphatic carbocycles. The minimum atomic E-state index is 0.148. The van der Waals surface area contributed by atoms with Crippen LogP contribution < -0.4 is 0 Å². The predicted molar refractivity (Wildman–Crippen MR) is 91.1 cm³/mol. The Bertz CT molecular complexity index is 395. The molecule has 1 nitrogen and oxygen atoms in total. The van der Waals surface area contributed by atoms with Crippen LogP contribution in [0.15, 0.2) is 23.8 Å². The summed E-state index contributed by atoms with van der Waals surface area (Å²) in [6.07, 6.45) is 15.0. The van der Waals surface area contributed by atoms with E-state index >= 15 is 0 Å². The summed E-state index contributed by atoms with van der Waals surface area (Å²) in [5.74, 6) is 3.36. The van der Waals surface area contributed by atoms with Gasteiger partial charge in [-0.15, -0.1) is 0 Å². The number of fused-ring (bicyclic) bond motifs is 1. The number of aliphatic hydroxyl groups is 1. The highest BCUT2D eigenvalue weighted by molar-refractivity contribution is 5.19. The van der Waals surface area contributed by atoms with Crippen LogP contribution in [0.2, 0.25) is 0 Å². The highest BCUT2D eigenvalue weighted by atomic mass is 16.2. The lowest BCUT2D eigenvalue weighted by molar-refractivity contribution is -0.0406. The maximum atomic E-state index is 9.03. The van der Waals surface area contributed by atoms with E-state index in [2.05, 4.69) is 39.8 Å². The van der Waals surface area contributed by atoms with Crippen LogP contribution >= 0.6 is 0 Å². The van der Waals surface area contributed by atoms with Gasteiger partial charge in [0.1, 0.15) is 0 Å². The molecule has 0 aliphatic heterocycles. The van der Waals surface area contributed by atoms with Gasteiger partial charge in [-0.1, -0.05) is 63.8 Å². The summed E-state index contributed by atoms with van der Waals surface area (Å²) in [5.41, 5.74) is 1.69. The number of aliphatic hydroxyl groups excluding tert-OH is 1. The molecule has 2 fully saturated rings. The third-order valence-corrected chi connectivity index (χ3v) is 6.53. The molecule has 0 spiro atoms. The Hall–Kier alpha value is -0.560. The van der Waals surface area contributed by atoms with Crippen LogP contribution in [0.3, 0.4) is 0 Å². The molecule has 0 saturated heterocycles. The van der Waals surface area contributed by atoms with Crippen molar-refractivity contribution >= 4 is 0 Å². The van der Waals surface area contributed by atoms with Crippen molar-refractivity contribution in [3.05, 3.63) is 23.8 Å². The smallest absolute Gasteiger partial charge is 0.0617 e. The molecule has 0 bridgehead atoms. The fourth-order valence-corrected chi connectivity index (χ4v) is 5.28. The highest BCUT2D eigenvalue weighted by Crippen LogP contribution is 2.58. The fourth-order valence-electron chi connectivity index (χ4n) is 5.28. The van der Waals surface area contributed by atoms with Crippen molar-refractivity contribution in [3.63, 3.8) is 0 Å². The lowest BCUT2D eigenvalue weighted by Crippen LogP contribution is -2.47. The fraction of sp³-hybridized carbons (Fsp3) is 0.800. The Morgan fingerprint density at radius 1 is 1.29 bits per heavy atom. The number of hydrogen-bond acceptors (Lipinski definition) is 1. The molecule has 120 valence electrons. The Balaban J connectivity index is 2.25. The van der Waals surface area contributed by atoms with E-state index in [-0.39, 0.29) is 6.61 Å². The van der Waals surface area contributed by atoms with Crippen LogP contribution in [0, 0.1) is 29.1 Å². The van der Waals surface area contributed by atoms with E-state index in [1.165, 1.54) is 44.1 Å². The second kappa shape index (κ2) is 7.13. The highest BCUT2D eigenvalue weighted by Gasteiger charge is 2.49. The molecule has 0 aromatic carbocycles. The molecule has 1 N–H and O–H groups in total. The monoisotopic (exact) mass is 290 g/mol. The molecule has 21 heavy (non-hydrogen) atoms. The summed E-state index contributed by atoms with van der Waals surface area (Å²) < 4.78 is 0. The van der Waals surface area contributed by atoms with Crippen molar-refractivity contribution < 1.29 is 5.11 Å². The number of allylic oxidation sites excluding steroid dienone is 3. The van der Waals surface area contributed by atoms with Gasteiger partial charge in [0.25, 0.3) is 0 Å². The Kier molecular flexibility index (Phi) is 5.71. The second-order valence-corrected chi connectivity index (χ2v) is 7.74. The lowest BCUT2D eigenvalue weighted by atomic mass is 9.50. The molecule has 2 aliphatic rings. The molecular formula is C20H34O. The molecule has 0 aromatic rings. The van der Waals surface area contributed by atoms with Gasteiger partial charge in [-0.3, -0.25) is 0 Å². The van der Waals surface area contributed by atoms with Crippen LogP contribution in [0.25, 0.3) is 0 Å². The van der Waals surface area contributed by atoms with Crippen LogP contribution in [0.1, 0.15) is 66.2 Å². The van der Waals surface area contributed by atoms with E-state index in [1.54, 1.807) is 0 Å². The van der Waals surface area contributed by atoms with E-state index < -0.39 is 0 Å².